The molecule has 0 aliphatic heterocycles. The van der Waals surface area contributed by atoms with Gasteiger partial charge in [0.2, 0.25) is 0 Å². The van der Waals surface area contributed by atoms with Crippen molar-refractivity contribution in [2.45, 2.75) is 71.6 Å². The minimum absolute atomic E-state index is 0. The monoisotopic (exact) mass is 311 g/mol. The number of quaternary nitrogens is 1. The average Bonchev–Trinajstić information content (AvgIpc) is 2.36. The Morgan fingerprint density at radius 1 is 0.684 bits per heavy atom. The molecule has 118 valence electrons. The molecule has 0 heterocycles. The Morgan fingerprint density at radius 2 is 1.11 bits per heavy atom. The van der Waals surface area contributed by atoms with E-state index in [0.717, 1.165) is 5.88 Å². The summed E-state index contributed by atoms with van der Waals surface area (Å²) in [6, 6.07) is 0. The zero-order valence-electron chi connectivity index (χ0n) is 13.4. The average molecular weight is 312 g/mol. The number of rotatable bonds is 13. The first-order valence-electron chi connectivity index (χ1n) is 8.08. The normalized spacial score (nSPS) is 13.9. The van der Waals surface area contributed by atoms with Crippen LogP contribution in [0.25, 0.3) is 0 Å². The van der Waals surface area contributed by atoms with Gasteiger partial charge in [0, 0.05) is 5.88 Å². The van der Waals surface area contributed by atoms with Gasteiger partial charge < -0.3 is 16.9 Å². The van der Waals surface area contributed by atoms with E-state index in [0.29, 0.717) is 0 Å². The Kier molecular flexibility index (Phi) is 17.2. The second kappa shape index (κ2) is 14.9. The van der Waals surface area contributed by atoms with Crippen molar-refractivity contribution in [1.82, 2.24) is 0 Å². The maximum Gasteiger partial charge on any atom is 0.0784 e. The zero-order chi connectivity index (χ0) is 13.7. The summed E-state index contributed by atoms with van der Waals surface area (Å²) < 4.78 is 1.28. The molecule has 0 aromatic heterocycles. The third-order valence-corrected chi connectivity index (χ3v) is 4.20. The Hall–Kier alpha value is 0.540. The fourth-order valence-electron chi connectivity index (χ4n) is 2.59. The Balaban J connectivity index is 0. The van der Waals surface area contributed by atoms with Gasteiger partial charge in [-0.15, -0.1) is 11.6 Å². The molecule has 0 N–H and O–H groups in total. The first-order chi connectivity index (χ1) is 8.68. The number of nitrogens with zero attached hydrogens (tertiary/aromatic N) is 1. The lowest BCUT2D eigenvalue weighted by molar-refractivity contribution is -0.910. The molecular formula is C16H35Cl2N. The van der Waals surface area contributed by atoms with E-state index in [1.54, 1.807) is 0 Å². The number of halogens is 2. The molecule has 0 saturated heterocycles. The van der Waals surface area contributed by atoms with Crippen molar-refractivity contribution in [2.24, 2.45) is 0 Å². The third kappa shape index (κ3) is 13.3. The molecule has 0 rings (SSSR count). The maximum atomic E-state index is 5.80. The van der Waals surface area contributed by atoms with Crippen molar-refractivity contribution in [2.75, 3.05) is 32.6 Å². The minimum Gasteiger partial charge on any atom is -1.00 e. The highest BCUT2D eigenvalue weighted by Crippen LogP contribution is 2.13. The SMILES string of the molecule is CCCCCC[N+](C)(CCCCC)CCCCCl.[Cl-]. The van der Waals surface area contributed by atoms with Crippen LogP contribution < -0.4 is 12.4 Å². The summed E-state index contributed by atoms with van der Waals surface area (Å²) in [5.41, 5.74) is 0. The highest BCUT2D eigenvalue weighted by molar-refractivity contribution is 6.17. The highest BCUT2D eigenvalue weighted by atomic mass is 35.5. The van der Waals surface area contributed by atoms with E-state index < -0.39 is 0 Å². The second-order valence-electron chi connectivity index (χ2n) is 5.95. The summed E-state index contributed by atoms with van der Waals surface area (Å²) in [4.78, 5) is 0. The summed E-state index contributed by atoms with van der Waals surface area (Å²) in [6.07, 6.45) is 12.1. The molecule has 0 saturated carbocycles. The van der Waals surface area contributed by atoms with Crippen LogP contribution in [0.2, 0.25) is 0 Å². The van der Waals surface area contributed by atoms with Crippen LogP contribution in [0.4, 0.5) is 0 Å². The van der Waals surface area contributed by atoms with E-state index in [4.69, 9.17) is 11.6 Å². The van der Waals surface area contributed by atoms with Crippen molar-refractivity contribution < 1.29 is 16.9 Å². The molecule has 3 heteroatoms. The van der Waals surface area contributed by atoms with Gasteiger partial charge in [-0.1, -0.05) is 33.1 Å². The van der Waals surface area contributed by atoms with E-state index in [-0.39, 0.29) is 12.4 Å². The van der Waals surface area contributed by atoms with Gasteiger partial charge in [-0.3, -0.25) is 0 Å². The van der Waals surface area contributed by atoms with Crippen LogP contribution >= 0.6 is 11.6 Å². The summed E-state index contributed by atoms with van der Waals surface area (Å²) in [6.45, 7) is 8.63. The molecule has 0 aromatic rings. The van der Waals surface area contributed by atoms with E-state index in [9.17, 15) is 0 Å². The number of alkyl halides is 1. The fourth-order valence-corrected chi connectivity index (χ4v) is 2.78. The summed E-state index contributed by atoms with van der Waals surface area (Å²) in [5, 5.41) is 0. The molecule has 0 radical (unpaired) electrons. The molecule has 0 aliphatic carbocycles. The standard InChI is InChI=1S/C16H35ClN.ClH/c1-4-6-8-11-15-18(3,14-10-7-5-2)16-12-9-13-17;/h4-16H2,1-3H3;1H/q+1;/p-1. The van der Waals surface area contributed by atoms with Crippen molar-refractivity contribution in [3.05, 3.63) is 0 Å². The lowest BCUT2D eigenvalue weighted by atomic mass is 10.1. The van der Waals surface area contributed by atoms with Crippen molar-refractivity contribution in [3.8, 4) is 0 Å². The van der Waals surface area contributed by atoms with Gasteiger partial charge in [0.05, 0.1) is 26.7 Å². The number of hydrogen-bond donors (Lipinski definition) is 0. The van der Waals surface area contributed by atoms with Crippen LogP contribution in [0.1, 0.15) is 71.6 Å². The van der Waals surface area contributed by atoms with E-state index in [2.05, 4.69) is 20.9 Å². The summed E-state index contributed by atoms with van der Waals surface area (Å²) in [7, 11) is 2.45. The van der Waals surface area contributed by atoms with Gasteiger partial charge in [0.25, 0.3) is 0 Å². The highest BCUT2D eigenvalue weighted by Gasteiger charge is 2.19. The quantitative estimate of drug-likeness (QED) is 0.278. The lowest BCUT2D eigenvalue weighted by Crippen LogP contribution is -3.00. The zero-order valence-corrected chi connectivity index (χ0v) is 14.9. The van der Waals surface area contributed by atoms with Gasteiger partial charge in [-0.05, 0) is 38.5 Å². The molecule has 0 aliphatic rings. The van der Waals surface area contributed by atoms with Crippen LogP contribution in [-0.4, -0.2) is 37.0 Å². The molecular weight excluding hydrogens is 277 g/mol. The smallest absolute Gasteiger partial charge is 0.0784 e. The molecule has 0 spiro atoms. The second-order valence-corrected chi connectivity index (χ2v) is 6.33. The largest absolute Gasteiger partial charge is 1.00 e. The van der Waals surface area contributed by atoms with E-state index >= 15 is 0 Å². The molecule has 1 nitrogen and oxygen atoms in total. The van der Waals surface area contributed by atoms with Gasteiger partial charge in [0.15, 0.2) is 0 Å². The molecule has 1 unspecified atom stereocenters. The first kappa shape index (κ1) is 21.8. The van der Waals surface area contributed by atoms with E-state index in [1.807, 2.05) is 0 Å². The van der Waals surface area contributed by atoms with Gasteiger partial charge >= 0.3 is 0 Å². The molecule has 0 aromatic carbocycles. The predicted molar refractivity (Wildman–Crippen MR) is 84.4 cm³/mol. The van der Waals surface area contributed by atoms with Gasteiger partial charge in [-0.2, -0.15) is 0 Å². The predicted octanol–water partition coefficient (Wildman–Crippen LogP) is 2.23. The number of hydrogen-bond acceptors (Lipinski definition) is 0. The molecule has 0 fully saturated rings. The van der Waals surface area contributed by atoms with Crippen LogP contribution in [-0.2, 0) is 0 Å². The van der Waals surface area contributed by atoms with Crippen LogP contribution in [0, 0.1) is 0 Å². The van der Waals surface area contributed by atoms with Crippen molar-refractivity contribution in [1.29, 1.82) is 0 Å². The molecule has 0 amide bonds. The van der Waals surface area contributed by atoms with Gasteiger partial charge in [0.1, 0.15) is 0 Å². The third-order valence-electron chi connectivity index (χ3n) is 3.93. The van der Waals surface area contributed by atoms with Crippen LogP contribution in [0.15, 0.2) is 0 Å². The molecule has 0 bridgehead atoms. The molecule has 1 atom stereocenters. The minimum atomic E-state index is 0. The summed E-state index contributed by atoms with van der Waals surface area (Å²) in [5.74, 6) is 0.824. The lowest BCUT2D eigenvalue weighted by Gasteiger charge is -2.35. The Morgan fingerprint density at radius 3 is 1.58 bits per heavy atom. The van der Waals surface area contributed by atoms with E-state index in [1.165, 1.54) is 81.9 Å². The van der Waals surface area contributed by atoms with Crippen LogP contribution in [0.5, 0.6) is 0 Å². The fraction of sp³-hybridized carbons (Fsp3) is 1.00. The topological polar surface area (TPSA) is 0 Å². The first-order valence-corrected chi connectivity index (χ1v) is 8.61. The number of unbranched alkanes of at least 4 members (excludes halogenated alkanes) is 6. The summed E-state index contributed by atoms with van der Waals surface area (Å²) >= 11 is 5.80. The van der Waals surface area contributed by atoms with Gasteiger partial charge in [-0.25, -0.2) is 0 Å². The Bertz CT molecular complexity index is 164. The maximum absolute atomic E-state index is 5.80. The van der Waals surface area contributed by atoms with Crippen molar-refractivity contribution >= 4 is 11.6 Å². The van der Waals surface area contributed by atoms with Crippen LogP contribution in [0.3, 0.4) is 0 Å². The van der Waals surface area contributed by atoms with Crippen molar-refractivity contribution in [3.63, 3.8) is 0 Å². The molecule has 19 heavy (non-hydrogen) atoms. The Labute approximate surface area is 133 Å².